The minimum absolute atomic E-state index is 0.0814. The first kappa shape index (κ1) is 37.4. The summed E-state index contributed by atoms with van der Waals surface area (Å²) in [6, 6.07) is 6.67. The van der Waals surface area contributed by atoms with Gasteiger partial charge in [-0.3, -0.25) is 0 Å². The lowest BCUT2D eigenvalue weighted by Crippen LogP contribution is -2.26. The van der Waals surface area contributed by atoms with E-state index >= 15 is 0 Å². The van der Waals surface area contributed by atoms with Gasteiger partial charge in [-0.05, 0) is 98.9 Å². The summed E-state index contributed by atoms with van der Waals surface area (Å²) in [6.07, 6.45) is 7.21. The molecule has 0 amide bonds. The Balaban J connectivity index is 0.000000468. The Morgan fingerprint density at radius 2 is 1.74 bits per heavy atom. The van der Waals surface area contributed by atoms with Crippen LogP contribution in [-0.2, 0) is 27.3 Å². The number of hydrogen-bond acceptors (Lipinski definition) is 5. The first-order valence-electron chi connectivity index (χ1n) is 15.2. The highest BCUT2D eigenvalue weighted by molar-refractivity contribution is 5.76. The number of benzene rings is 2. The average Bonchev–Trinajstić information content (AvgIpc) is 2.97. The quantitative estimate of drug-likeness (QED) is 0.210. The van der Waals surface area contributed by atoms with Crippen LogP contribution in [0.1, 0.15) is 89.8 Å². The Bertz CT molecular complexity index is 1100. The van der Waals surface area contributed by atoms with Gasteiger partial charge in [0.2, 0.25) is 0 Å². The molecule has 1 fully saturated rings. The monoisotopic (exact) mass is 589 g/mol. The molecular weight excluding hydrogens is 536 g/mol. The Hall–Kier alpha value is -2.61. The molecule has 2 aliphatic rings. The van der Waals surface area contributed by atoms with Crippen molar-refractivity contribution in [3.05, 3.63) is 64.2 Å². The van der Waals surface area contributed by atoms with E-state index < -0.39 is 0 Å². The summed E-state index contributed by atoms with van der Waals surface area (Å²) < 4.78 is 45.4. The van der Waals surface area contributed by atoms with E-state index in [1.807, 2.05) is 25.9 Å². The van der Waals surface area contributed by atoms with Crippen molar-refractivity contribution in [3.63, 3.8) is 0 Å². The average molecular weight is 590 g/mol. The lowest BCUT2D eigenvalue weighted by Gasteiger charge is -2.29. The van der Waals surface area contributed by atoms with Crippen LogP contribution in [0.5, 0.6) is 5.75 Å². The summed E-state index contributed by atoms with van der Waals surface area (Å²) in [4.78, 5) is 8.00. The van der Waals surface area contributed by atoms with Crippen LogP contribution in [0.2, 0.25) is 0 Å². The molecule has 7 heteroatoms. The second kappa shape index (κ2) is 20.3. The molecule has 4 rings (SSSR count). The molecule has 1 saturated heterocycles. The van der Waals surface area contributed by atoms with Gasteiger partial charge in [0.15, 0.2) is 0 Å². The predicted octanol–water partition coefficient (Wildman–Crippen LogP) is 8.41. The summed E-state index contributed by atoms with van der Waals surface area (Å²) in [5.74, 6) is 1.92. The van der Waals surface area contributed by atoms with E-state index in [4.69, 9.17) is 19.0 Å². The van der Waals surface area contributed by atoms with Crippen molar-refractivity contribution in [2.75, 3.05) is 33.5 Å². The maximum absolute atomic E-state index is 14.7. The molecule has 0 radical (unpaired) electrons. The van der Waals surface area contributed by atoms with Gasteiger partial charge in [0, 0.05) is 30.3 Å². The Morgan fingerprint density at radius 3 is 2.31 bits per heavy atom. The van der Waals surface area contributed by atoms with Crippen molar-refractivity contribution < 1.29 is 27.8 Å². The molecule has 0 aromatic heterocycles. The number of carbonyl (C=O) groups is 1. The maximum Gasteiger partial charge on any atom is 0.128 e. The SMILES string of the molecule is C=O.CCC(C)=CCc1cc2c(cc1F)-c1cc(C3COC3)c(F)cc1CO2.CCCOCCCC(C)C(C)C.CN. The highest BCUT2D eigenvalue weighted by Crippen LogP contribution is 2.42. The number of ether oxygens (including phenoxy) is 3. The fraction of sp³-hybridized carbons (Fsp3) is 0.571. The summed E-state index contributed by atoms with van der Waals surface area (Å²) in [5.41, 5.74) is 9.32. The topological polar surface area (TPSA) is 70.8 Å². The fourth-order valence-corrected chi connectivity index (χ4v) is 4.48. The van der Waals surface area contributed by atoms with Gasteiger partial charge in [0.1, 0.15) is 30.8 Å². The van der Waals surface area contributed by atoms with Crippen LogP contribution in [0, 0.1) is 23.5 Å². The molecule has 0 spiro atoms. The zero-order valence-electron chi connectivity index (χ0n) is 26.9. The van der Waals surface area contributed by atoms with E-state index in [2.05, 4.69) is 40.4 Å². The highest BCUT2D eigenvalue weighted by atomic mass is 19.1. The summed E-state index contributed by atoms with van der Waals surface area (Å²) >= 11 is 0. The number of halogens is 2. The van der Waals surface area contributed by atoms with E-state index in [1.165, 1.54) is 37.6 Å². The third-order valence-electron chi connectivity index (χ3n) is 7.79. The van der Waals surface area contributed by atoms with E-state index in [1.54, 1.807) is 6.07 Å². The lowest BCUT2D eigenvalue weighted by molar-refractivity contribution is -0.0980. The number of hydrogen-bond donors (Lipinski definition) is 1. The van der Waals surface area contributed by atoms with E-state index in [0.29, 0.717) is 48.7 Å². The van der Waals surface area contributed by atoms with Crippen LogP contribution in [-0.4, -0.2) is 40.3 Å². The molecule has 2 N–H and O–H groups in total. The first-order valence-corrected chi connectivity index (χ1v) is 15.2. The summed E-state index contributed by atoms with van der Waals surface area (Å²) in [7, 11) is 1.50. The van der Waals surface area contributed by atoms with Crippen LogP contribution < -0.4 is 10.5 Å². The van der Waals surface area contributed by atoms with Crippen LogP contribution in [0.4, 0.5) is 8.78 Å². The zero-order valence-corrected chi connectivity index (χ0v) is 26.9. The van der Waals surface area contributed by atoms with Gasteiger partial charge >= 0.3 is 0 Å². The number of carbonyl (C=O) groups excluding carboxylic acids is 1. The van der Waals surface area contributed by atoms with Crippen molar-refractivity contribution >= 4 is 6.79 Å². The standard InChI is InChI=1S/C22H22F2O2.C11H24O.CH5N.CH2O/c1-3-13(2)4-5-14-7-22-19(9-20(14)23)17-8-18(16-10-25-11-16)21(24)6-15(17)12-26-22;1-5-8-12-9-6-7-11(4)10(2)3;2*1-2/h4,6-9,16H,3,5,10-12H2,1-2H3;10-11H,5-9H2,1-4H3;2H2,1H3;1H2. The molecule has 1 atom stereocenters. The molecule has 1 unspecified atom stereocenters. The molecule has 5 nitrogen and oxygen atoms in total. The number of nitrogens with two attached hydrogens (primary N) is 1. The van der Waals surface area contributed by atoms with E-state index in [-0.39, 0.29) is 17.6 Å². The van der Waals surface area contributed by atoms with E-state index in [9.17, 15) is 8.78 Å². The second-order valence-electron chi connectivity index (χ2n) is 11.1. The Morgan fingerprint density at radius 1 is 1.05 bits per heavy atom. The molecule has 2 aliphatic heterocycles. The Kier molecular flexibility index (Phi) is 18.1. The van der Waals surface area contributed by atoms with Gasteiger partial charge in [0.05, 0.1) is 13.2 Å². The zero-order chi connectivity index (χ0) is 31.7. The molecule has 2 aromatic rings. The van der Waals surface area contributed by atoms with Crippen LogP contribution in [0.25, 0.3) is 11.1 Å². The first-order chi connectivity index (χ1) is 20.2. The highest BCUT2D eigenvalue weighted by Gasteiger charge is 2.28. The largest absolute Gasteiger partial charge is 0.488 e. The van der Waals surface area contributed by atoms with Crippen molar-refractivity contribution in [3.8, 4) is 16.9 Å². The third kappa shape index (κ3) is 11.2. The molecule has 0 aliphatic carbocycles. The number of fused-ring (bicyclic) bond motifs is 3. The summed E-state index contributed by atoms with van der Waals surface area (Å²) in [5, 5.41) is 0. The van der Waals surface area contributed by atoms with Gasteiger partial charge in [-0.25, -0.2) is 8.78 Å². The molecule has 236 valence electrons. The second-order valence-corrected chi connectivity index (χ2v) is 11.1. The molecule has 0 saturated carbocycles. The van der Waals surface area contributed by atoms with Gasteiger partial charge in [0.25, 0.3) is 0 Å². The lowest BCUT2D eigenvalue weighted by atomic mass is 9.88. The smallest absolute Gasteiger partial charge is 0.128 e. The Labute approximate surface area is 252 Å². The molecular formula is C35H53F2NO4. The normalized spacial score (nSPS) is 14.4. The summed E-state index contributed by atoms with van der Waals surface area (Å²) in [6.45, 7) is 18.4. The molecule has 0 bridgehead atoms. The van der Waals surface area contributed by atoms with E-state index in [0.717, 1.165) is 49.0 Å². The molecule has 2 heterocycles. The van der Waals surface area contributed by atoms with Crippen molar-refractivity contribution in [1.29, 1.82) is 0 Å². The van der Waals surface area contributed by atoms with Gasteiger partial charge < -0.3 is 24.7 Å². The van der Waals surface area contributed by atoms with Gasteiger partial charge in [-0.2, -0.15) is 0 Å². The molecule has 42 heavy (non-hydrogen) atoms. The third-order valence-corrected chi connectivity index (χ3v) is 7.79. The van der Waals surface area contributed by atoms with Crippen molar-refractivity contribution in [2.45, 2.75) is 86.2 Å². The maximum atomic E-state index is 14.7. The number of rotatable bonds is 11. The van der Waals surface area contributed by atoms with Crippen LogP contribution in [0.15, 0.2) is 35.9 Å². The van der Waals surface area contributed by atoms with Crippen molar-refractivity contribution in [1.82, 2.24) is 0 Å². The van der Waals surface area contributed by atoms with Crippen LogP contribution in [0.3, 0.4) is 0 Å². The van der Waals surface area contributed by atoms with Crippen molar-refractivity contribution in [2.24, 2.45) is 17.6 Å². The number of allylic oxidation sites excluding steroid dienone is 2. The van der Waals surface area contributed by atoms with Gasteiger partial charge in [-0.15, -0.1) is 0 Å². The molecule has 2 aromatic carbocycles. The van der Waals surface area contributed by atoms with Crippen LogP contribution >= 0.6 is 0 Å². The minimum atomic E-state index is -0.252. The fourth-order valence-electron chi connectivity index (χ4n) is 4.48. The van der Waals surface area contributed by atoms with Gasteiger partial charge in [-0.1, -0.05) is 46.3 Å². The predicted molar refractivity (Wildman–Crippen MR) is 169 cm³/mol. The minimum Gasteiger partial charge on any atom is -0.488 e.